The van der Waals surface area contributed by atoms with Gasteiger partial charge in [0, 0.05) is 44.2 Å². The third kappa shape index (κ3) is 11.8. The second-order valence-electron chi connectivity index (χ2n) is 20.4. The van der Waals surface area contributed by atoms with Crippen molar-refractivity contribution in [2.24, 2.45) is 28.7 Å². The fourth-order valence-electron chi connectivity index (χ4n) is 10.8. The Labute approximate surface area is 372 Å². The molecule has 62 heavy (non-hydrogen) atoms. The highest BCUT2D eigenvalue weighted by Gasteiger charge is 2.54. The molecule has 3 saturated heterocycles. The molecule has 4 aliphatic rings. The summed E-state index contributed by atoms with van der Waals surface area (Å²) in [6, 6.07) is -0.269. The van der Waals surface area contributed by atoms with Crippen LogP contribution in [0.25, 0.3) is 0 Å². The first-order valence-corrected chi connectivity index (χ1v) is 23.4. The molecule has 0 aromatic rings. The molecule has 4 fully saturated rings. The highest BCUT2D eigenvalue weighted by atomic mass is 16.7. The van der Waals surface area contributed by atoms with Crippen LogP contribution in [0.2, 0.25) is 0 Å². The van der Waals surface area contributed by atoms with Crippen LogP contribution in [0, 0.1) is 23.7 Å². The van der Waals surface area contributed by atoms with Gasteiger partial charge in [0.05, 0.1) is 53.7 Å². The number of carbonyl (C=O) groups is 1. The highest BCUT2D eigenvalue weighted by Crippen LogP contribution is 2.43. The molecule has 0 amide bonds. The molecule has 0 aromatic heterocycles. The minimum Gasteiger partial charge on any atom is -0.459 e. The summed E-state index contributed by atoms with van der Waals surface area (Å²) in [7, 11) is 6.98. The fraction of sp³-hybridized carbons (Fsp3) is 0.957. The van der Waals surface area contributed by atoms with Gasteiger partial charge in [0.2, 0.25) is 0 Å². The number of nitrogens with zero attached hydrogens (tertiary/aromatic N) is 2. The minimum atomic E-state index is -1.89. The summed E-state index contributed by atoms with van der Waals surface area (Å²) < 4.78 is 52.0. The second-order valence-corrected chi connectivity index (χ2v) is 20.4. The molecule has 18 atom stereocenters. The van der Waals surface area contributed by atoms with Gasteiger partial charge in [0.15, 0.2) is 18.3 Å². The molecule has 3 aliphatic heterocycles. The molecular formula is C47H86N2O13. The maximum atomic E-state index is 14.6. The van der Waals surface area contributed by atoms with Crippen molar-refractivity contribution in [2.75, 3.05) is 28.3 Å². The first-order chi connectivity index (χ1) is 28.8. The maximum absolute atomic E-state index is 14.6. The van der Waals surface area contributed by atoms with Crippen LogP contribution < -0.4 is 0 Å². The van der Waals surface area contributed by atoms with Crippen molar-refractivity contribution >= 4 is 11.7 Å². The van der Waals surface area contributed by atoms with Gasteiger partial charge < -0.3 is 63.2 Å². The van der Waals surface area contributed by atoms with Crippen molar-refractivity contribution in [3.8, 4) is 0 Å². The Kier molecular flexibility index (Phi) is 18.5. The van der Waals surface area contributed by atoms with Crippen molar-refractivity contribution in [1.29, 1.82) is 0 Å². The van der Waals surface area contributed by atoms with Gasteiger partial charge in [-0.15, -0.1) is 0 Å². The van der Waals surface area contributed by atoms with Gasteiger partial charge in [-0.3, -0.25) is 9.79 Å². The number of aliphatic imine (C=N–C) groups is 1. The largest absolute Gasteiger partial charge is 0.459 e. The van der Waals surface area contributed by atoms with E-state index in [1.807, 2.05) is 67.5 Å². The molecule has 4 N–H and O–H groups in total. The van der Waals surface area contributed by atoms with Gasteiger partial charge in [-0.2, -0.15) is 0 Å². The summed E-state index contributed by atoms with van der Waals surface area (Å²) in [6.45, 7) is 22.3. The molecule has 0 bridgehead atoms. The lowest BCUT2D eigenvalue weighted by molar-refractivity contribution is -0.319. The lowest BCUT2D eigenvalue weighted by Gasteiger charge is -2.50. The van der Waals surface area contributed by atoms with E-state index in [0.29, 0.717) is 31.4 Å². The van der Waals surface area contributed by atoms with Gasteiger partial charge in [-0.1, -0.05) is 34.1 Å². The molecule has 1 saturated carbocycles. The van der Waals surface area contributed by atoms with Crippen LogP contribution in [0.5, 0.6) is 0 Å². The van der Waals surface area contributed by atoms with Crippen LogP contribution in [0.4, 0.5) is 0 Å². The monoisotopic (exact) mass is 887 g/mol. The van der Waals surface area contributed by atoms with Crippen molar-refractivity contribution in [2.45, 2.75) is 237 Å². The number of aliphatic hydroxyl groups is 4. The Morgan fingerprint density at radius 3 is 2.02 bits per heavy atom. The van der Waals surface area contributed by atoms with E-state index in [2.05, 4.69) is 0 Å². The quantitative estimate of drug-likeness (QED) is 0.193. The lowest BCUT2D eigenvalue weighted by atomic mass is 9.73. The van der Waals surface area contributed by atoms with E-state index in [1.54, 1.807) is 34.8 Å². The summed E-state index contributed by atoms with van der Waals surface area (Å²) in [5, 5.41) is 47.6. The lowest BCUT2D eigenvalue weighted by Crippen LogP contribution is -2.61. The predicted octanol–water partition coefficient (Wildman–Crippen LogP) is 5.40. The third-order valence-electron chi connectivity index (χ3n) is 14.7. The summed E-state index contributed by atoms with van der Waals surface area (Å²) in [5.41, 5.74) is -4.28. The van der Waals surface area contributed by atoms with Crippen molar-refractivity contribution < 1.29 is 63.1 Å². The molecule has 3 heterocycles. The van der Waals surface area contributed by atoms with Crippen LogP contribution in [-0.2, 0) is 42.7 Å². The van der Waals surface area contributed by atoms with E-state index < -0.39 is 102 Å². The number of esters is 1. The molecular weight excluding hydrogens is 801 g/mol. The summed E-state index contributed by atoms with van der Waals surface area (Å²) in [4.78, 5) is 22.1. The van der Waals surface area contributed by atoms with Gasteiger partial charge in [-0.05, 0) is 120 Å². The number of methoxy groups -OCH3 is 2. The van der Waals surface area contributed by atoms with E-state index in [1.165, 1.54) is 14.0 Å². The van der Waals surface area contributed by atoms with Crippen LogP contribution in [-0.4, -0.2) is 161 Å². The van der Waals surface area contributed by atoms with Crippen LogP contribution >= 0.6 is 0 Å². The van der Waals surface area contributed by atoms with Gasteiger partial charge in [-0.25, -0.2) is 0 Å². The molecule has 2 unspecified atom stereocenters. The van der Waals surface area contributed by atoms with Crippen molar-refractivity contribution in [3.63, 3.8) is 0 Å². The Morgan fingerprint density at radius 2 is 1.47 bits per heavy atom. The molecule has 4 rings (SSSR count). The standard InChI is InChI=1S/C47H86N2O13/c1-17-34-46(12,54)39(51)29(6)36(48-47(62-26(2)3)21-19-18-20-22-47)27(4)24-45(11,56-16)41(61-43-37(50)33(49(13)14)23-28(5)57-43)30(7)38(31(8)42(53)59-34)60-35-25-44(10,55-15)40(52)32(9)58-35/h26-35,37-41,43,50-52,54H,17-25H2,1-16H3/b48-36+/t27-,28-,29+,30+,31-,32+,33+,34?,35+,37-,38?,39-,40+,41-,43+,44-,45-,46-/m1/s1. The zero-order valence-corrected chi connectivity index (χ0v) is 41.0. The van der Waals surface area contributed by atoms with E-state index in [9.17, 15) is 25.2 Å². The van der Waals surface area contributed by atoms with E-state index in [4.69, 9.17) is 42.9 Å². The van der Waals surface area contributed by atoms with Crippen molar-refractivity contribution in [1.82, 2.24) is 4.90 Å². The molecule has 15 nitrogen and oxygen atoms in total. The molecule has 15 heteroatoms. The minimum absolute atomic E-state index is 0.114. The van der Waals surface area contributed by atoms with Crippen LogP contribution in [0.3, 0.4) is 0 Å². The number of likely N-dealkylation sites (N-methyl/N-ethyl adjacent to an activating group) is 1. The Morgan fingerprint density at radius 1 is 0.855 bits per heavy atom. The molecule has 0 radical (unpaired) electrons. The van der Waals surface area contributed by atoms with Crippen LogP contribution in [0.1, 0.15) is 141 Å². The number of hydrogen-bond donors (Lipinski definition) is 4. The summed E-state index contributed by atoms with van der Waals surface area (Å²) in [6.07, 6.45) is -3.83. The zero-order chi connectivity index (χ0) is 46.7. The predicted molar refractivity (Wildman–Crippen MR) is 236 cm³/mol. The fourth-order valence-corrected chi connectivity index (χ4v) is 10.8. The van der Waals surface area contributed by atoms with E-state index in [0.717, 1.165) is 19.3 Å². The normalized spacial score (nSPS) is 46.1. The highest BCUT2D eigenvalue weighted by molar-refractivity contribution is 5.89. The number of cyclic esters (lactones) is 1. The van der Waals surface area contributed by atoms with Crippen molar-refractivity contribution in [3.05, 3.63) is 0 Å². The molecule has 362 valence electrons. The number of ether oxygens (including phenoxy) is 8. The number of hydrogen-bond acceptors (Lipinski definition) is 15. The Balaban J connectivity index is 1.97. The third-order valence-corrected chi connectivity index (χ3v) is 14.7. The molecule has 0 spiro atoms. The second kappa shape index (κ2) is 21.5. The Hall–Kier alpha value is -1.34. The smallest absolute Gasteiger partial charge is 0.311 e. The summed E-state index contributed by atoms with van der Waals surface area (Å²) >= 11 is 0. The van der Waals surface area contributed by atoms with Gasteiger partial charge in [0.25, 0.3) is 0 Å². The SMILES string of the molecule is CCC1OC(=O)[C@H](C)C(O[C@H]2C[C@@](C)(OC)[C@@H](O)[C@H](C)O2)[C@H](C)[C@@H](O[C@@H]2O[C@H](C)C[C@H](N(C)C)[C@H]2O)[C@](C)(OC)C[C@@H](C)/C(=N\C2(OC(C)C)CCCCC2)[C@H](C)[C@@H](O)[C@]1(C)O. The number of carbonyl (C=O) groups excluding carboxylic acids is 1. The average molecular weight is 887 g/mol. The Bertz CT molecular complexity index is 1460. The van der Waals surface area contributed by atoms with Gasteiger partial charge in [0.1, 0.15) is 23.9 Å². The number of rotatable bonds is 11. The number of aliphatic hydroxyl groups excluding tert-OH is 3. The van der Waals surface area contributed by atoms with Gasteiger partial charge >= 0.3 is 5.97 Å². The van der Waals surface area contributed by atoms with E-state index in [-0.39, 0.29) is 37.0 Å². The average Bonchev–Trinajstić information content (AvgIpc) is 3.21. The first-order valence-electron chi connectivity index (χ1n) is 23.4. The summed E-state index contributed by atoms with van der Waals surface area (Å²) in [5.74, 6) is -3.42. The first kappa shape index (κ1) is 53.3. The zero-order valence-electron chi connectivity index (χ0n) is 41.0. The maximum Gasteiger partial charge on any atom is 0.311 e. The molecule has 0 aromatic carbocycles. The van der Waals surface area contributed by atoms with E-state index >= 15 is 0 Å². The molecule has 1 aliphatic carbocycles. The van der Waals surface area contributed by atoms with Crippen LogP contribution in [0.15, 0.2) is 4.99 Å². The topological polar surface area (TPSA) is 187 Å².